The van der Waals surface area contributed by atoms with Crippen molar-refractivity contribution in [1.82, 2.24) is 5.43 Å². The fourth-order valence-electron chi connectivity index (χ4n) is 3.29. The van der Waals surface area contributed by atoms with Gasteiger partial charge in [0.1, 0.15) is 6.61 Å². The number of benzene rings is 1. The second-order valence-electron chi connectivity index (χ2n) is 6.57. The standard InChI is InChI=1S/C18H21N3O4/c1-10-6-17(24)21(3)15-5-4-12(7-14(10)15)18-13(9-25-11(2)22)8-16(23)19-20-18/h4-5,7,10,13H,6,8-9H2,1-3H3,(H,19,23). The molecule has 2 aliphatic rings. The lowest BCUT2D eigenvalue weighted by molar-refractivity contribution is -0.142. The van der Waals surface area contributed by atoms with Gasteiger partial charge in [0.05, 0.1) is 5.71 Å². The maximum atomic E-state index is 12.0. The van der Waals surface area contributed by atoms with Gasteiger partial charge < -0.3 is 9.64 Å². The van der Waals surface area contributed by atoms with Crippen LogP contribution in [0.15, 0.2) is 23.3 Å². The number of rotatable bonds is 3. The van der Waals surface area contributed by atoms with Crippen molar-refractivity contribution in [2.45, 2.75) is 32.6 Å². The van der Waals surface area contributed by atoms with E-state index in [4.69, 9.17) is 4.74 Å². The largest absolute Gasteiger partial charge is 0.465 e. The zero-order chi connectivity index (χ0) is 18.1. The number of amides is 2. The van der Waals surface area contributed by atoms with E-state index in [2.05, 4.69) is 10.5 Å². The summed E-state index contributed by atoms with van der Waals surface area (Å²) in [6, 6.07) is 5.80. The fourth-order valence-corrected chi connectivity index (χ4v) is 3.29. The van der Waals surface area contributed by atoms with Gasteiger partial charge in [-0.15, -0.1) is 0 Å². The highest BCUT2D eigenvalue weighted by molar-refractivity contribution is 6.07. The minimum atomic E-state index is -0.385. The number of ether oxygens (including phenoxy) is 1. The molecule has 132 valence electrons. The molecule has 1 N–H and O–H groups in total. The summed E-state index contributed by atoms with van der Waals surface area (Å²) in [4.78, 5) is 36.4. The van der Waals surface area contributed by atoms with Crippen LogP contribution in [0.1, 0.15) is 43.7 Å². The smallest absolute Gasteiger partial charge is 0.302 e. The Morgan fingerprint density at radius 3 is 2.84 bits per heavy atom. The quantitative estimate of drug-likeness (QED) is 0.844. The van der Waals surface area contributed by atoms with Crippen molar-refractivity contribution in [1.29, 1.82) is 0 Å². The van der Waals surface area contributed by atoms with Crippen LogP contribution in [0.4, 0.5) is 5.69 Å². The molecule has 0 saturated carbocycles. The Kier molecular flexibility index (Phi) is 4.57. The molecule has 7 heteroatoms. The molecule has 0 fully saturated rings. The molecular formula is C18H21N3O4. The highest BCUT2D eigenvalue weighted by Crippen LogP contribution is 2.36. The zero-order valence-corrected chi connectivity index (χ0v) is 14.5. The molecular weight excluding hydrogens is 322 g/mol. The maximum absolute atomic E-state index is 12.0. The van der Waals surface area contributed by atoms with Crippen LogP contribution >= 0.6 is 0 Å². The predicted octanol–water partition coefficient (Wildman–Crippen LogP) is 1.56. The summed E-state index contributed by atoms with van der Waals surface area (Å²) in [5.41, 5.74) is 6.02. The van der Waals surface area contributed by atoms with E-state index in [-0.39, 0.29) is 42.6 Å². The third kappa shape index (κ3) is 3.40. The van der Waals surface area contributed by atoms with Gasteiger partial charge in [-0.2, -0.15) is 5.10 Å². The summed E-state index contributed by atoms with van der Waals surface area (Å²) in [5, 5.41) is 4.19. The van der Waals surface area contributed by atoms with Crippen LogP contribution in [0.5, 0.6) is 0 Å². The third-order valence-corrected chi connectivity index (χ3v) is 4.68. The van der Waals surface area contributed by atoms with Gasteiger partial charge in [-0.1, -0.05) is 13.0 Å². The topological polar surface area (TPSA) is 88.1 Å². The van der Waals surface area contributed by atoms with Gasteiger partial charge in [0.15, 0.2) is 0 Å². The van der Waals surface area contributed by atoms with E-state index in [1.165, 1.54) is 6.92 Å². The second kappa shape index (κ2) is 6.66. The van der Waals surface area contributed by atoms with Gasteiger partial charge in [-0.3, -0.25) is 14.4 Å². The molecule has 2 atom stereocenters. The average molecular weight is 343 g/mol. The molecule has 2 unspecified atom stereocenters. The molecule has 2 aliphatic heterocycles. The van der Waals surface area contributed by atoms with E-state index in [1.54, 1.807) is 11.9 Å². The van der Waals surface area contributed by atoms with Gasteiger partial charge in [0, 0.05) is 38.4 Å². The number of nitrogens with one attached hydrogen (secondary N) is 1. The number of anilines is 1. The van der Waals surface area contributed by atoms with E-state index in [0.29, 0.717) is 12.1 Å². The van der Waals surface area contributed by atoms with Gasteiger partial charge in [0.2, 0.25) is 11.8 Å². The van der Waals surface area contributed by atoms with Gasteiger partial charge in [0.25, 0.3) is 0 Å². The van der Waals surface area contributed by atoms with Crippen LogP contribution in [-0.4, -0.2) is 37.1 Å². The van der Waals surface area contributed by atoms with Crippen molar-refractivity contribution in [2.75, 3.05) is 18.6 Å². The second-order valence-corrected chi connectivity index (χ2v) is 6.57. The maximum Gasteiger partial charge on any atom is 0.302 e. The molecule has 1 aromatic carbocycles. The highest BCUT2D eigenvalue weighted by atomic mass is 16.5. The average Bonchev–Trinajstić information content (AvgIpc) is 2.57. The number of esters is 1. The number of hydrogen-bond acceptors (Lipinski definition) is 5. The van der Waals surface area contributed by atoms with Gasteiger partial charge in [-0.25, -0.2) is 5.43 Å². The molecule has 25 heavy (non-hydrogen) atoms. The van der Waals surface area contributed by atoms with Crippen molar-refractivity contribution in [3.8, 4) is 0 Å². The molecule has 2 amide bonds. The van der Waals surface area contributed by atoms with Crippen molar-refractivity contribution in [3.63, 3.8) is 0 Å². The number of fused-ring (bicyclic) bond motifs is 1. The van der Waals surface area contributed by atoms with E-state index < -0.39 is 0 Å². The summed E-state index contributed by atoms with van der Waals surface area (Å²) < 4.78 is 5.09. The van der Waals surface area contributed by atoms with E-state index >= 15 is 0 Å². The number of nitrogens with zero attached hydrogens (tertiary/aromatic N) is 2. The monoisotopic (exact) mass is 343 g/mol. The molecule has 0 radical (unpaired) electrons. The van der Waals surface area contributed by atoms with E-state index in [9.17, 15) is 14.4 Å². The van der Waals surface area contributed by atoms with E-state index in [1.807, 2.05) is 25.1 Å². The van der Waals surface area contributed by atoms with E-state index in [0.717, 1.165) is 16.8 Å². The summed E-state index contributed by atoms with van der Waals surface area (Å²) in [5.74, 6) is -0.650. The van der Waals surface area contributed by atoms with Gasteiger partial charge in [-0.05, 0) is 29.2 Å². The molecule has 0 aromatic heterocycles. The van der Waals surface area contributed by atoms with Crippen molar-refractivity contribution >= 4 is 29.2 Å². The Balaban J connectivity index is 1.94. The summed E-state index contributed by atoms with van der Waals surface area (Å²) in [6.07, 6.45) is 0.685. The molecule has 3 rings (SSSR count). The number of hydrogen-bond donors (Lipinski definition) is 1. The molecule has 2 heterocycles. The van der Waals surface area contributed by atoms with Crippen LogP contribution in [0.2, 0.25) is 0 Å². The van der Waals surface area contributed by atoms with Crippen molar-refractivity contribution < 1.29 is 19.1 Å². The lowest BCUT2D eigenvalue weighted by Gasteiger charge is -2.31. The minimum Gasteiger partial charge on any atom is -0.465 e. The Hall–Kier alpha value is -2.70. The summed E-state index contributed by atoms with van der Waals surface area (Å²) >= 11 is 0. The Morgan fingerprint density at radius 2 is 2.12 bits per heavy atom. The first-order valence-electron chi connectivity index (χ1n) is 8.27. The Labute approximate surface area is 146 Å². The summed E-state index contributed by atoms with van der Waals surface area (Å²) in [7, 11) is 1.77. The van der Waals surface area contributed by atoms with Crippen LogP contribution in [0.3, 0.4) is 0 Å². The number of hydrazone groups is 1. The van der Waals surface area contributed by atoms with Crippen LogP contribution in [-0.2, 0) is 19.1 Å². The third-order valence-electron chi connectivity index (χ3n) is 4.68. The van der Waals surface area contributed by atoms with Crippen LogP contribution < -0.4 is 10.3 Å². The summed E-state index contributed by atoms with van der Waals surface area (Å²) in [6.45, 7) is 3.48. The number of carbonyl (C=O) groups excluding carboxylic acids is 3. The highest BCUT2D eigenvalue weighted by Gasteiger charge is 2.30. The fraction of sp³-hybridized carbons (Fsp3) is 0.444. The lowest BCUT2D eigenvalue weighted by atomic mass is 9.86. The minimum absolute atomic E-state index is 0.0998. The Bertz CT molecular complexity index is 772. The zero-order valence-electron chi connectivity index (χ0n) is 14.5. The first-order valence-corrected chi connectivity index (χ1v) is 8.27. The molecule has 0 spiro atoms. The molecule has 0 bridgehead atoms. The molecule has 0 saturated heterocycles. The molecule has 0 aliphatic carbocycles. The lowest BCUT2D eigenvalue weighted by Crippen LogP contribution is -2.36. The van der Waals surface area contributed by atoms with Crippen molar-refractivity contribution in [2.24, 2.45) is 11.0 Å². The normalized spacial score (nSPS) is 22.8. The van der Waals surface area contributed by atoms with Gasteiger partial charge >= 0.3 is 5.97 Å². The molecule has 1 aromatic rings. The number of carbonyl (C=O) groups is 3. The van der Waals surface area contributed by atoms with Crippen LogP contribution in [0, 0.1) is 5.92 Å². The Morgan fingerprint density at radius 1 is 1.36 bits per heavy atom. The first kappa shape index (κ1) is 17.1. The van der Waals surface area contributed by atoms with Crippen molar-refractivity contribution in [3.05, 3.63) is 29.3 Å². The SMILES string of the molecule is CC(=O)OCC1CC(=O)NN=C1c1ccc2c(c1)C(C)CC(=O)N2C. The van der Waals surface area contributed by atoms with Crippen LogP contribution in [0.25, 0.3) is 0 Å². The molecule has 7 nitrogen and oxygen atoms in total. The predicted molar refractivity (Wildman–Crippen MR) is 92.3 cm³/mol. The first-order chi connectivity index (χ1) is 11.9.